The van der Waals surface area contributed by atoms with Gasteiger partial charge in [-0.25, -0.2) is 4.39 Å². The molecule has 2 amide bonds. The van der Waals surface area contributed by atoms with E-state index in [-0.39, 0.29) is 17.6 Å². The monoisotopic (exact) mass is 358 g/mol. The van der Waals surface area contributed by atoms with Crippen LogP contribution in [-0.2, 0) is 0 Å². The molecule has 0 aliphatic carbocycles. The van der Waals surface area contributed by atoms with Gasteiger partial charge in [-0.05, 0) is 54.8 Å². The van der Waals surface area contributed by atoms with Gasteiger partial charge >= 0.3 is 0 Å². The first kappa shape index (κ1) is 17.5. The van der Waals surface area contributed by atoms with E-state index >= 15 is 0 Å². The molecule has 0 spiro atoms. The first-order chi connectivity index (χ1) is 12.1. The molecule has 0 aromatic heterocycles. The van der Waals surface area contributed by atoms with Crippen LogP contribution in [0.15, 0.2) is 53.4 Å². The Labute approximate surface area is 150 Å². The fourth-order valence-corrected chi connectivity index (χ4v) is 3.21. The maximum atomic E-state index is 13.0. The maximum Gasteiger partial charge on any atom is 0.253 e. The summed E-state index contributed by atoms with van der Waals surface area (Å²) in [6, 6.07) is 13.1. The van der Waals surface area contributed by atoms with Crippen molar-refractivity contribution < 1.29 is 14.0 Å². The number of carbonyl (C=O) groups is 2. The van der Waals surface area contributed by atoms with Crippen LogP contribution in [0, 0.1) is 5.82 Å². The van der Waals surface area contributed by atoms with E-state index in [0.29, 0.717) is 37.3 Å². The molecule has 0 unspecified atom stereocenters. The topological polar surface area (TPSA) is 40.6 Å². The number of hydrogen-bond acceptors (Lipinski definition) is 3. The van der Waals surface area contributed by atoms with E-state index in [4.69, 9.17) is 0 Å². The molecule has 2 aromatic rings. The van der Waals surface area contributed by atoms with Crippen LogP contribution in [0.4, 0.5) is 4.39 Å². The number of hydrogen-bond donors (Lipinski definition) is 0. The Balaban J connectivity index is 1.60. The highest BCUT2D eigenvalue weighted by Crippen LogP contribution is 2.17. The minimum Gasteiger partial charge on any atom is -0.335 e. The van der Waals surface area contributed by atoms with Crippen molar-refractivity contribution in [3.63, 3.8) is 0 Å². The van der Waals surface area contributed by atoms with Gasteiger partial charge in [-0.1, -0.05) is 0 Å². The zero-order chi connectivity index (χ0) is 17.8. The molecule has 25 heavy (non-hydrogen) atoms. The standard InChI is InChI=1S/C19H19FN2O2S/c1-25-17-8-4-15(5-9-17)19(24)22-12-10-21(11-13-22)18(23)14-2-6-16(20)7-3-14/h2-9H,10-13H2,1H3. The van der Waals surface area contributed by atoms with Crippen molar-refractivity contribution in [2.75, 3.05) is 32.4 Å². The molecular weight excluding hydrogens is 339 g/mol. The molecule has 4 nitrogen and oxygen atoms in total. The molecule has 1 aliphatic rings. The number of nitrogens with zero attached hydrogens (tertiary/aromatic N) is 2. The van der Waals surface area contributed by atoms with Gasteiger partial charge in [0.2, 0.25) is 0 Å². The van der Waals surface area contributed by atoms with E-state index in [9.17, 15) is 14.0 Å². The molecule has 1 saturated heterocycles. The third-order valence-corrected chi connectivity index (χ3v) is 5.03. The second kappa shape index (κ2) is 7.70. The van der Waals surface area contributed by atoms with Crippen LogP contribution in [0.1, 0.15) is 20.7 Å². The maximum absolute atomic E-state index is 13.0. The lowest BCUT2D eigenvalue weighted by Gasteiger charge is -2.35. The van der Waals surface area contributed by atoms with Gasteiger partial charge < -0.3 is 9.80 Å². The molecule has 2 aromatic carbocycles. The molecule has 6 heteroatoms. The molecule has 0 bridgehead atoms. The van der Waals surface area contributed by atoms with Crippen LogP contribution in [0.25, 0.3) is 0 Å². The molecule has 0 saturated carbocycles. The summed E-state index contributed by atoms with van der Waals surface area (Å²) in [4.78, 5) is 29.6. The Morgan fingerprint density at radius 1 is 0.800 bits per heavy atom. The summed E-state index contributed by atoms with van der Waals surface area (Å²) in [6.07, 6.45) is 1.99. The van der Waals surface area contributed by atoms with E-state index in [1.807, 2.05) is 30.5 Å². The quantitative estimate of drug-likeness (QED) is 0.792. The van der Waals surface area contributed by atoms with E-state index in [0.717, 1.165) is 4.90 Å². The average Bonchev–Trinajstić information content (AvgIpc) is 2.67. The number of rotatable bonds is 3. The summed E-state index contributed by atoms with van der Waals surface area (Å²) in [5.41, 5.74) is 1.13. The Morgan fingerprint density at radius 3 is 1.60 bits per heavy atom. The predicted octanol–water partition coefficient (Wildman–Crippen LogP) is 3.15. The molecule has 1 aliphatic heterocycles. The second-order valence-corrected chi connectivity index (χ2v) is 6.70. The van der Waals surface area contributed by atoms with Crippen molar-refractivity contribution in [3.05, 3.63) is 65.5 Å². The number of amides is 2. The third kappa shape index (κ3) is 4.02. The third-order valence-electron chi connectivity index (χ3n) is 4.28. The molecule has 1 fully saturated rings. The summed E-state index contributed by atoms with van der Waals surface area (Å²) in [5.74, 6) is -0.502. The highest BCUT2D eigenvalue weighted by atomic mass is 32.2. The number of halogens is 1. The van der Waals surface area contributed by atoms with Crippen LogP contribution >= 0.6 is 11.8 Å². The summed E-state index contributed by atoms with van der Waals surface area (Å²) in [5, 5.41) is 0. The highest BCUT2D eigenvalue weighted by Gasteiger charge is 2.25. The van der Waals surface area contributed by atoms with Crippen molar-refractivity contribution in [1.29, 1.82) is 0 Å². The van der Waals surface area contributed by atoms with Crippen molar-refractivity contribution in [1.82, 2.24) is 9.80 Å². The van der Waals surface area contributed by atoms with Gasteiger partial charge in [-0.3, -0.25) is 9.59 Å². The normalized spacial score (nSPS) is 14.5. The lowest BCUT2D eigenvalue weighted by Crippen LogP contribution is -2.50. The molecular formula is C19H19FN2O2S. The Hall–Kier alpha value is -2.34. The van der Waals surface area contributed by atoms with E-state index in [2.05, 4.69) is 0 Å². The number of piperazine rings is 1. The van der Waals surface area contributed by atoms with Crippen LogP contribution in [-0.4, -0.2) is 54.0 Å². The van der Waals surface area contributed by atoms with E-state index in [1.54, 1.807) is 21.6 Å². The predicted molar refractivity (Wildman–Crippen MR) is 96.4 cm³/mol. The average molecular weight is 358 g/mol. The summed E-state index contributed by atoms with van der Waals surface area (Å²) >= 11 is 1.63. The first-order valence-electron chi connectivity index (χ1n) is 8.06. The largest absolute Gasteiger partial charge is 0.335 e. The summed E-state index contributed by atoms with van der Waals surface area (Å²) < 4.78 is 13.0. The SMILES string of the molecule is CSc1ccc(C(=O)N2CCN(C(=O)c3ccc(F)cc3)CC2)cc1. The Morgan fingerprint density at radius 2 is 1.20 bits per heavy atom. The van der Waals surface area contributed by atoms with Gasteiger partial charge in [0.1, 0.15) is 5.82 Å². The zero-order valence-corrected chi connectivity index (χ0v) is 14.8. The smallest absolute Gasteiger partial charge is 0.253 e. The molecule has 1 heterocycles. The lowest BCUT2D eigenvalue weighted by atomic mass is 10.1. The molecule has 0 radical (unpaired) electrons. The second-order valence-electron chi connectivity index (χ2n) is 5.82. The number of benzene rings is 2. The molecule has 3 rings (SSSR count). The molecule has 0 N–H and O–H groups in total. The number of thioether (sulfide) groups is 1. The van der Waals surface area contributed by atoms with Crippen LogP contribution in [0.5, 0.6) is 0 Å². The van der Waals surface area contributed by atoms with E-state index < -0.39 is 0 Å². The lowest BCUT2D eigenvalue weighted by molar-refractivity contribution is 0.0535. The van der Waals surface area contributed by atoms with Gasteiger partial charge in [0.05, 0.1) is 0 Å². The van der Waals surface area contributed by atoms with Crippen molar-refractivity contribution in [2.45, 2.75) is 4.90 Å². The van der Waals surface area contributed by atoms with Crippen LogP contribution in [0.3, 0.4) is 0 Å². The summed E-state index contributed by atoms with van der Waals surface area (Å²) in [7, 11) is 0. The van der Waals surface area contributed by atoms with Gasteiger partial charge in [0, 0.05) is 42.2 Å². The summed E-state index contributed by atoms with van der Waals surface area (Å²) in [6.45, 7) is 1.95. The van der Waals surface area contributed by atoms with Crippen molar-refractivity contribution >= 4 is 23.6 Å². The van der Waals surface area contributed by atoms with Crippen LogP contribution in [0.2, 0.25) is 0 Å². The number of carbonyl (C=O) groups excluding carboxylic acids is 2. The van der Waals surface area contributed by atoms with Crippen molar-refractivity contribution in [2.24, 2.45) is 0 Å². The van der Waals surface area contributed by atoms with E-state index in [1.165, 1.54) is 24.3 Å². The Kier molecular flexibility index (Phi) is 5.38. The minimum absolute atomic E-state index is 0.0125. The minimum atomic E-state index is -0.362. The van der Waals surface area contributed by atoms with Crippen molar-refractivity contribution in [3.8, 4) is 0 Å². The fraction of sp³-hybridized carbons (Fsp3) is 0.263. The zero-order valence-electron chi connectivity index (χ0n) is 13.9. The van der Waals surface area contributed by atoms with Gasteiger partial charge in [-0.15, -0.1) is 11.8 Å². The molecule has 130 valence electrons. The van der Waals surface area contributed by atoms with Gasteiger partial charge in [-0.2, -0.15) is 0 Å². The highest BCUT2D eigenvalue weighted by molar-refractivity contribution is 7.98. The van der Waals surface area contributed by atoms with Gasteiger partial charge in [0.25, 0.3) is 11.8 Å². The Bertz CT molecular complexity index is 754. The van der Waals surface area contributed by atoms with Crippen LogP contribution < -0.4 is 0 Å². The van der Waals surface area contributed by atoms with Gasteiger partial charge in [0.15, 0.2) is 0 Å². The molecule has 0 atom stereocenters. The first-order valence-corrected chi connectivity index (χ1v) is 9.29. The fourth-order valence-electron chi connectivity index (χ4n) is 2.80.